The summed E-state index contributed by atoms with van der Waals surface area (Å²) in [6.45, 7) is 3.31. The average molecular weight is 743 g/mol. The zero-order chi connectivity index (χ0) is 37.8. The molecule has 0 aliphatic carbocycles. The van der Waals surface area contributed by atoms with Gasteiger partial charge in [0.1, 0.15) is 6.61 Å². The van der Waals surface area contributed by atoms with Crippen LogP contribution in [0.15, 0.2) is 48.6 Å². The number of carbonyl (C=O) groups excluding carboxylic acids is 2. The van der Waals surface area contributed by atoms with Crippen LogP contribution in [0.1, 0.15) is 162 Å². The number of carbonyl (C=O) groups is 2. The molecule has 11 heteroatoms. The minimum absolute atomic E-state index is 0.0488. The van der Waals surface area contributed by atoms with E-state index in [9.17, 15) is 24.4 Å². The van der Waals surface area contributed by atoms with Crippen molar-refractivity contribution in [1.29, 1.82) is 0 Å². The predicted molar refractivity (Wildman–Crippen MR) is 205 cm³/mol. The number of aliphatic hydroxyl groups excluding tert-OH is 2. The summed E-state index contributed by atoms with van der Waals surface area (Å²) in [5, 5.41) is 20.5. The zero-order valence-corrected chi connectivity index (χ0v) is 32.6. The molecule has 10 nitrogen and oxygen atoms in total. The molecule has 0 aromatic rings. The molecule has 0 heterocycles. The lowest BCUT2D eigenvalue weighted by Crippen LogP contribution is -2.29. The number of esters is 2. The molecule has 0 aromatic carbocycles. The molecule has 0 amide bonds. The van der Waals surface area contributed by atoms with Gasteiger partial charge in [0.15, 0.2) is 6.10 Å². The van der Waals surface area contributed by atoms with Crippen molar-refractivity contribution in [3.63, 3.8) is 0 Å². The Morgan fingerprint density at radius 3 is 1.57 bits per heavy atom. The predicted octanol–water partition coefficient (Wildman–Crippen LogP) is 9.51. The Kier molecular flexibility index (Phi) is 33.6. The van der Waals surface area contributed by atoms with Crippen LogP contribution in [0.4, 0.5) is 0 Å². The fourth-order valence-corrected chi connectivity index (χ4v) is 5.64. The molecule has 0 spiro atoms. The summed E-state index contributed by atoms with van der Waals surface area (Å²) >= 11 is 0. The van der Waals surface area contributed by atoms with E-state index in [1.165, 1.54) is 64.2 Å². The largest absolute Gasteiger partial charge is 0.469 e. The van der Waals surface area contributed by atoms with Gasteiger partial charge in [0.2, 0.25) is 0 Å². The maximum absolute atomic E-state index is 12.4. The first-order chi connectivity index (χ1) is 24.6. The molecule has 3 atom stereocenters. The Morgan fingerprint density at radius 2 is 1.06 bits per heavy atom. The van der Waals surface area contributed by atoms with E-state index in [2.05, 4.69) is 48.8 Å². The van der Waals surface area contributed by atoms with Gasteiger partial charge in [-0.15, -0.1) is 0 Å². The summed E-state index contributed by atoms with van der Waals surface area (Å²) in [5.41, 5.74) is 0. The first-order valence-corrected chi connectivity index (χ1v) is 21.1. The van der Waals surface area contributed by atoms with Gasteiger partial charge in [-0.2, -0.15) is 0 Å². The molecule has 0 rings (SSSR count). The molecule has 0 radical (unpaired) electrons. The summed E-state index contributed by atoms with van der Waals surface area (Å²) in [6.07, 6.45) is 34.4. The van der Waals surface area contributed by atoms with Gasteiger partial charge in [-0.25, -0.2) is 4.57 Å². The Bertz CT molecular complexity index is 1000. The van der Waals surface area contributed by atoms with E-state index in [0.29, 0.717) is 6.42 Å². The summed E-state index contributed by atoms with van der Waals surface area (Å²) in [5.74, 6) is -1.17. The molecular formula is C40H71O10P. The van der Waals surface area contributed by atoms with Crippen molar-refractivity contribution in [2.24, 2.45) is 0 Å². The summed E-state index contributed by atoms with van der Waals surface area (Å²) in [6, 6.07) is 0. The number of rotatable bonds is 35. The van der Waals surface area contributed by atoms with E-state index >= 15 is 0 Å². The Hall–Kier alpha value is -2.07. The number of phosphoric acid groups is 1. The van der Waals surface area contributed by atoms with E-state index in [-0.39, 0.29) is 32.1 Å². The maximum atomic E-state index is 12.4. The van der Waals surface area contributed by atoms with Gasteiger partial charge < -0.3 is 29.5 Å². The van der Waals surface area contributed by atoms with Gasteiger partial charge in [0, 0.05) is 12.8 Å². The lowest BCUT2D eigenvalue weighted by molar-refractivity contribution is -0.161. The van der Waals surface area contributed by atoms with Crippen LogP contribution >= 0.6 is 7.82 Å². The quantitative estimate of drug-likeness (QED) is 0.0213. The zero-order valence-electron chi connectivity index (χ0n) is 31.7. The molecule has 0 aliphatic rings. The smallest absolute Gasteiger partial charge is 0.462 e. The third kappa shape index (κ3) is 36.1. The van der Waals surface area contributed by atoms with Gasteiger partial charge in [-0.1, -0.05) is 146 Å². The molecule has 0 saturated carbocycles. The van der Waals surface area contributed by atoms with Crippen molar-refractivity contribution in [3.05, 3.63) is 48.6 Å². The number of hydrogen-bond acceptors (Lipinski definition) is 8. The van der Waals surface area contributed by atoms with Crippen molar-refractivity contribution in [2.75, 3.05) is 13.2 Å². The number of unbranched alkanes of at least 4 members (excludes halogenated alkanes) is 13. The molecule has 0 bridgehead atoms. The highest BCUT2D eigenvalue weighted by atomic mass is 31.2. The fourth-order valence-electron chi connectivity index (χ4n) is 5.28. The second-order valence-electron chi connectivity index (χ2n) is 13.2. The third-order valence-corrected chi connectivity index (χ3v) is 8.80. The van der Waals surface area contributed by atoms with Crippen LogP contribution < -0.4 is 0 Å². The van der Waals surface area contributed by atoms with Crippen LogP contribution in [0.3, 0.4) is 0 Å². The van der Waals surface area contributed by atoms with Crippen LogP contribution in [-0.2, 0) is 28.2 Å². The normalized spacial score (nSPS) is 14.2. The average Bonchev–Trinajstić information content (AvgIpc) is 3.09. The maximum Gasteiger partial charge on any atom is 0.469 e. The van der Waals surface area contributed by atoms with Crippen LogP contribution in [0.25, 0.3) is 0 Å². The number of phosphoric ester groups is 1. The molecule has 0 unspecified atom stereocenters. The molecule has 0 saturated heterocycles. The van der Waals surface area contributed by atoms with E-state index in [1.807, 2.05) is 18.2 Å². The minimum Gasteiger partial charge on any atom is -0.462 e. The second-order valence-corrected chi connectivity index (χ2v) is 14.4. The van der Waals surface area contributed by atoms with E-state index in [1.54, 1.807) is 0 Å². The highest BCUT2D eigenvalue weighted by molar-refractivity contribution is 7.46. The first kappa shape index (κ1) is 48.9. The fraction of sp³-hybridized carbons (Fsp3) is 0.750. The molecular weight excluding hydrogens is 671 g/mol. The highest BCUT2D eigenvalue weighted by Gasteiger charge is 2.23. The molecule has 0 aromatic heterocycles. The Labute approximate surface area is 309 Å². The van der Waals surface area contributed by atoms with Gasteiger partial charge >= 0.3 is 19.8 Å². The van der Waals surface area contributed by atoms with Crippen molar-refractivity contribution < 1.29 is 48.2 Å². The van der Waals surface area contributed by atoms with E-state index < -0.39 is 51.3 Å². The standard InChI is InChI=1S/C40H71O10P/c1-3-5-7-9-11-13-15-17-18-20-22-24-26-28-32-40(44)50-36(35-49-51(45,46)47)34-48-39(43)33-29-31-38(42)37(41)30-27-25-23-21-19-16-14-12-10-8-6-4-2/h6,8,12,14,19,21,25,27,36-38,41-42H,3-5,7,9-11,13,15-18,20,22-24,26,28-35H2,1-2H3,(H2,45,46,47)/b8-6-,14-12-,21-19-,27-25-/t36-,37+,38+/m1/s1. The van der Waals surface area contributed by atoms with Gasteiger partial charge in [-0.05, 0) is 51.4 Å². The van der Waals surface area contributed by atoms with Gasteiger partial charge in [0.25, 0.3) is 0 Å². The Balaban J connectivity index is 4.21. The second kappa shape index (κ2) is 35.0. The summed E-state index contributed by atoms with van der Waals surface area (Å²) in [7, 11) is -4.82. The van der Waals surface area contributed by atoms with Crippen LogP contribution in [0, 0.1) is 0 Å². The van der Waals surface area contributed by atoms with Crippen LogP contribution in [0.5, 0.6) is 0 Å². The summed E-state index contributed by atoms with van der Waals surface area (Å²) < 4.78 is 26.2. The number of hydrogen-bond donors (Lipinski definition) is 4. The third-order valence-electron chi connectivity index (χ3n) is 8.31. The lowest BCUT2D eigenvalue weighted by Gasteiger charge is -2.19. The SMILES string of the molecule is CC/C=C\C/C=C\C/C=C\C/C=C\C[C@H](O)[C@@H](O)CCCC(=O)OC[C@H](COP(=O)(O)O)OC(=O)CCCCCCCCCCCCCCCC. The van der Waals surface area contributed by atoms with Crippen molar-refractivity contribution in [3.8, 4) is 0 Å². The van der Waals surface area contributed by atoms with E-state index in [0.717, 1.165) is 44.9 Å². The molecule has 4 N–H and O–H groups in total. The van der Waals surface area contributed by atoms with Crippen LogP contribution in [0.2, 0.25) is 0 Å². The topological polar surface area (TPSA) is 160 Å². The lowest BCUT2D eigenvalue weighted by atomic mass is 10.0. The monoisotopic (exact) mass is 742 g/mol. The van der Waals surface area contributed by atoms with Gasteiger partial charge in [-0.3, -0.25) is 14.1 Å². The first-order valence-electron chi connectivity index (χ1n) is 19.6. The number of ether oxygens (including phenoxy) is 2. The van der Waals surface area contributed by atoms with Gasteiger partial charge in [0.05, 0.1) is 18.8 Å². The van der Waals surface area contributed by atoms with E-state index in [4.69, 9.17) is 19.3 Å². The Morgan fingerprint density at radius 1 is 0.588 bits per heavy atom. The molecule has 51 heavy (non-hydrogen) atoms. The molecule has 296 valence electrons. The highest BCUT2D eigenvalue weighted by Crippen LogP contribution is 2.36. The molecule has 0 aliphatic heterocycles. The van der Waals surface area contributed by atoms with Crippen LogP contribution in [-0.4, -0.2) is 63.5 Å². The number of allylic oxidation sites excluding steroid dienone is 7. The van der Waals surface area contributed by atoms with Crippen molar-refractivity contribution in [1.82, 2.24) is 0 Å². The van der Waals surface area contributed by atoms with Crippen molar-refractivity contribution in [2.45, 2.75) is 180 Å². The summed E-state index contributed by atoms with van der Waals surface area (Å²) in [4.78, 5) is 42.8. The number of aliphatic hydroxyl groups is 2. The molecule has 0 fully saturated rings. The van der Waals surface area contributed by atoms with Crippen molar-refractivity contribution >= 4 is 19.8 Å². The minimum atomic E-state index is -4.82.